The second-order valence-corrected chi connectivity index (χ2v) is 8.27. The summed E-state index contributed by atoms with van der Waals surface area (Å²) in [6.45, 7) is 0.826. The average molecular weight is 453 g/mol. The van der Waals surface area contributed by atoms with Gasteiger partial charge >= 0.3 is 12.4 Å². The van der Waals surface area contributed by atoms with Gasteiger partial charge in [-0.2, -0.15) is 26.3 Å². The molecule has 1 amide bonds. The lowest BCUT2D eigenvalue weighted by Gasteiger charge is -2.30. The van der Waals surface area contributed by atoms with E-state index < -0.39 is 42.0 Å². The predicted molar refractivity (Wildman–Crippen MR) is 105 cm³/mol. The standard InChI is InChI=1S/C21H29F6N3O/c1-30(2)9-8-28-18(15-6-4-3-5-7-15)19(31)29-13-14-10-16(20(22,23)24)12-17(11-14)21(25,26)27/h10-12,15,18,28H,3-9,13H2,1-2H3,(H,29,31)/t18-/m0/s1. The summed E-state index contributed by atoms with van der Waals surface area (Å²) in [7, 11) is 3.78. The third-order valence-corrected chi connectivity index (χ3v) is 5.44. The number of carbonyl (C=O) groups excluding carboxylic acids is 1. The van der Waals surface area contributed by atoms with Crippen molar-refractivity contribution in [2.75, 3.05) is 27.2 Å². The fraction of sp³-hybridized carbons (Fsp3) is 0.667. The van der Waals surface area contributed by atoms with Gasteiger partial charge in [-0.15, -0.1) is 0 Å². The summed E-state index contributed by atoms with van der Waals surface area (Å²) >= 11 is 0. The van der Waals surface area contributed by atoms with Crippen LogP contribution in [0.4, 0.5) is 26.3 Å². The second kappa shape index (κ2) is 10.7. The molecule has 1 atom stereocenters. The van der Waals surface area contributed by atoms with Gasteiger partial charge in [-0.25, -0.2) is 0 Å². The first-order valence-electron chi connectivity index (χ1n) is 10.3. The lowest BCUT2D eigenvalue weighted by molar-refractivity contribution is -0.143. The monoisotopic (exact) mass is 453 g/mol. The molecule has 4 nitrogen and oxygen atoms in total. The number of hydrogen-bond acceptors (Lipinski definition) is 3. The molecule has 0 aromatic heterocycles. The van der Waals surface area contributed by atoms with Gasteiger partial charge in [0, 0.05) is 19.6 Å². The lowest BCUT2D eigenvalue weighted by atomic mass is 9.83. The van der Waals surface area contributed by atoms with E-state index in [4.69, 9.17) is 0 Å². The van der Waals surface area contributed by atoms with Crippen molar-refractivity contribution >= 4 is 5.91 Å². The van der Waals surface area contributed by atoms with Crippen molar-refractivity contribution in [1.29, 1.82) is 0 Å². The van der Waals surface area contributed by atoms with Gasteiger partial charge in [0.05, 0.1) is 17.2 Å². The Balaban J connectivity index is 2.14. The van der Waals surface area contributed by atoms with E-state index >= 15 is 0 Å². The van der Waals surface area contributed by atoms with Crippen LogP contribution in [0.15, 0.2) is 18.2 Å². The number of carbonyl (C=O) groups is 1. The van der Waals surface area contributed by atoms with Gasteiger partial charge in [0.2, 0.25) is 5.91 Å². The number of rotatable bonds is 8. The van der Waals surface area contributed by atoms with Crippen LogP contribution >= 0.6 is 0 Å². The highest BCUT2D eigenvalue weighted by molar-refractivity contribution is 5.82. The average Bonchev–Trinajstić information content (AvgIpc) is 2.68. The van der Waals surface area contributed by atoms with Crippen LogP contribution in [0, 0.1) is 5.92 Å². The molecule has 176 valence electrons. The molecule has 1 saturated carbocycles. The summed E-state index contributed by atoms with van der Waals surface area (Å²) in [4.78, 5) is 14.8. The molecule has 0 bridgehead atoms. The maximum Gasteiger partial charge on any atom is 0.416 e. The molecule has 1 aliphatic rings. The van der Waals surface area contributed by atoms with E-state index in [1.54, 1.807) is 0 Å². The Bertz CT molecular complexity index is 695. The summed E-state index contributed by atoms with van der Waals surface area (Å²) < 4.78 is 78.3. The number of halogens is 6. The number of alkyl halides is 6. The molecule has 2 N–H and O–H groups in total. The van der Waals surface area contributed by atoms with Crippen molar-refractivity contribution in [3.8, 4) is 0 Å². The minimum absolute atomic E-state index is 0.0823. The first kappa shape index (κ1) is 25.5. The SMILES string of the molecule is CN(C)CCN[C@H](C(=O)NCc1cc(C(F)(F)F)cc(C(F)(F)F)c1)C1CCCCC1. The molecule has 1 aromatic rings. The molecule has 0 heterocycles. The number of amides is 1. The van der Waals surface area contributed by atoms with Crippen molar-refractivity contribution in [2.45, 2.75) is 57.0 Å². The van der Waals surface area contributed by atoms with Gasteiger partial charge in [-0.3, -0.25) is 4.79 Å². The van der Waals surface area contributed by atoms with Gasteiger partial charge in [0.25, 0.3) is 0 Å². The molecule has 0 saturated heterocycles. The van der Waals surface area contributed by atoms with Crippen LogP contribution in [0.3, 0.4) is 0 Å². The topological polar surface area (TPSA) is 44.4 Å². The Morgan fingerprint density at radius 2 is 1.55 bits per heavy atom. The number of hydrogen-bond donors (Lipinski definition) is 2. The normalized spacial score (nSPS) is 17.1. The quantitative estimate of drug-likeness (QED) is 0.572. The second-order valence-electron chi connectivity index (χ2n) is 8.27. The Hall–Kier alpha value is -1.81. The van der Waals surface area contributed by atoms with Gasteiger partial charge < -0.3 is 15.5 Å². The summed E-state index contributed by atoms with van der Waals surface area (Å²) in [6, 6.07) is 0.835. The van der Waals surface area contributed by atoms with Crippen LogP contribution in [0.1, 0.15) is 48.8 Å². The number of likely N-dealkylation sites (N-methyl/N-ethyl adjacent to an activating group) is 1. The third-order valence-electron chi connectivity index (χ3n) is 5.44. The Labute approximate surface area is 178 Å². The fourth-order valence-corrected chi connectivity index (χ4v) is 3.81. The van der Waals surface area contributed by atoms with Crippen LogP contribution in [0.25, 0.3) is 0 Å². The van der Waals surface area contributed by atoms with Crippen molar-refractivity contribution in [2.24, 2.45) is 5.92 Å². The first-order chi connectivity index (χ1) is 14.4. The van der Waals surface area contributed by atoms with E-state index in [2.05, 4.69) is 10.6 Å². The van der Waals surface area contributed by atoms with E-state index in [0.29, 0.717) is 25.2 Å². The van der Waals surface area contributed by atoms with Crippen molar-refractivity contribution in [1.82, 2.24) is 15.5 Å². The molecule has 0 unspecified atom stereocenters. The zero-order chi connectivity index (χ0) is 23.2. The van der Waals surface area contributed by atoms with Crippen LogP contribution < -0.4 is 10.6 Å². The van der Waals surface area contributed by atoms with Gasteiger partial charge in [0.1, 0.15) is 0 Å². The van der Waals surface area contributed by atoms with E-state index in [1.165, 1.54) is 0 Å². The Morgan fingerprint density at radius 1 is 1.00 bits per heavy atom. The molecule has 1 fully saturated rings. The van der Waals surface area contributed by atoms with Gasteiger partial charge in [0.15, 0.2) is 0 Å². The number of benzene rings is 1. The summed E-state index contributed by atoms with van der Waals surface area (Å²) in [5.74, 6) is -0.320. The molecule has 0 spiro atoms. The molecular weight excluding hydrogens is 424 g/mol. The highest BCUT2D eigenvalue weighted by Crippen LogP contribution is 2.36. The van der Waals surface area contributed by atoms with Crippen LogP contribution in [0.2, 0.25) is 0 Å². The molecule has 10 heteroatoms. The van der Waals surface area contributed by atoms with E-state index in [9.17, 15) is 31.1 Å². The number of nitrogens with zero attached hydrogens (tertiary/aromatic N) is 1. The Kier molecular flexibility index (Phi) is 8.76. The molecule has 0 aliphatic heterocycles. The lowest BCUT2D eigenvalue weighted by Crippen LogP contribution is -2.50. The molecule has 1 aliphatic carbocycles. The van der Waals surface area contributed by atoms with E-state index in [1.807, 2.05) is 19.0 Å². The Morgan fingerprint density at radius 3 is 2.03 bits per heavy atom. The largest absolute Gasteiger partial charge is 0.416 e. The highest BCUT2D eigenvalue weighted by Gasteiger charge is 2.37. The molecule has 31 heavy (non-hydrogen) atoms. The molecule has 1 aromatic carbocycles. The maximum absolute atomic E-state index is 13.0. The highest BCUT2D eigenvalue weighted by atomic mass is 19.4. The minimum atomic E-state index is -4.92. The van der Waals surface area contributed by atoms with Crippen molar-refractivity contribution in [3.05, 3.63) is 34.9 Å². The summed E-state index contributed by atoms with van der Waals surface area (Å²) in [5.41, 5.74) is -3.02. The van der Waals surface area contributed by atoms with Gasteiger partial charge in [-0.1, -0.05) is 19.3 Å². The van der Waals surface area contributed by atoms with Crippen molar-refractivity contribution < 1.29 is 31.1 Å². The van der Waals surface area contributed by atoms with Crippen molar-refractivity contribution in [3.63, 3.8) is 0 Å². The number of nitrogens with one attached hydrogen (secondary N) is 2. The van der Waals surface area contributed by atoms with Crippen LogP contribution in [-0.2, 0) is 23.7 Å². The third kappa shape index (κ3) is 7.99. The molecule has 0 radical (unpaired) electrons. The first-order valence-corrected chi connectivity index (χ1v) is 10.3. The van der Waals surface area contributed by atoms with Crippen LogP contribution in [0.5, 0.6) is 0 Å². The predicted octanol–water partition coefficient (Wildman–Crippen LogP) is 4.44. The summed E-state index contributed by atoms with van der Waals surface area (Å²) in [6.07, 6.45) is -5.05. The molecular formula is C21H29F6N3O. The van der Waals surface area contributed by atoms with Crippen LogP contribution in [-0.4, -0.2) is 44.0 Å². The zero-order valence-electron chi connectivity index (χ0n) is 17.7. The summed E-state index contributed by atoms with van der Waals surface area (Å²) in [5, 5.41) is 5.76. The van der Waals surface area contributed by atoms with E-state index in [0.717, 1.165) is 32.1 Å². The van der Waals surface area contributed by atoms with E-state index in [-0.39, 0.29) is 17.5 Å². The zero-order valence-corrected chi connectivity index (χ0v) is 17.7. The van der Waals surface area contributed by atoms with Gasteiger partial charge in [-0.05, 0) is 56.6 Å². The maximum atomic E-state index is 13.0. The minimum Gasteiger partial charge on any atom is -0.351 e. The molecule has 2 rings (SSSR count). The smallest absolute Gasteiger partial charge is 0.351 e. The fourth-order valence-electron chi connectivity index (χ4n) is 3.81.